The molecule has 0 atom stereocenters. The third-order valence-corrected chi connectivity index (χ3v) is 3.85. The highest BCUT2D eigenvalue weighted by atomic mass is 19.1. The van der Waals surface area contributed by atoms with Gasteiger partial charge in [-0.2, -0.15) is 0 Å². The minimum atomic E-state index is -0.491. The summed E-state index contributed by atoms with van der Waals surface area (Å²) >= 11 is 0. The van der Waals surface area contributed by atoms with Crippen LogP contribution in [0.2, 0.25) is 0 Å². The molecule has 0 radical (unpaired) electrons. The van der Waals surface area contributed by atoms with Crippen molar-refractivity contribution in [3.8, 4) is 0 Å². The molecule has 5 heteroatoms. The molecule has 4 nitrogen and oxygen atoms in total. The van der Waals surface area contributed by atoms with Crippen LogP contribution >= 0.6 is 0 Å². The topological polar surface area (TPSA) is 49.6 Å². The van der Waals surface area contributed by atoms with E-state index in [1.807, 2.05) is 0 Å². The van der Waals surface area contributed by atoms with E-state index in [4.69, 9.17) is 5.73 Å². The van der Waals surface area contributed by atoms with Crippen molar-refractivity contribution in [2.75, 3.05) is 32.4 Å². The highest BCUT2D eigenvalue weighted by molar-refractivity contribution is 5.95. The lowest BCUT2D eigenvalue weighted by Gasteiger charge is -2.45. The van der Waals surface area contributed by atoms with E-state index in [1.165, 1.54) is 18.2 Å². The number of rotatable bonds is 1. The number of anilines is 1. The summed E-state index contributed by atoms with van der Waals surface area (Å²) in [7, 11) is 2.05. The van der Waals surface area contributed by atoms with Crippen molar-refractivity contribution in [3.05, 3.63) is 29.6 Å². The van der Waals surface area contributed by atoms with Gasteiger partial charge in [0.05, 0.1) is 5.69 Å². The predicted molar refractivity (Wildman–Crippen MR) is 73.4 cm³/mol. The zero-order chi connectivity index (χ0) is 14.2. The van der Waals surface area contributed by atoms with Crippen LogP contribution in [-0.2, 0) is 0 Å². The first-order valence-corrected chi connectivity index (χ1v) is 6.37. The summed E-state index contributed by atoms with van der Waals surface area (Å²) in [6, 6.07) is 4.13. The van der Waals surface area contributed by atoms with Gasteiger partial charge < -0.3 is 10.6 Å². The van der Waals surface area contributed by atoms with Crippen molar-refractivity contribution in [2.24, 2.45) is 0 Å². The number of carbonyl (C=O) groups excluding carboxylic acids is 1. The zero-order valence-corrected chi connectivity index (χ0v) is 11.6. The Morgan fingerprint density at radius 1 is 1.37 bits per heavy atom. The number of hydrogen-bond acceptors (Lipinski definition) is 3. The standard InChI is InChI=1S/C14H20FN3O/c1-14(2)9-18(7-6-17(14)3)13(19)10-4-5-11(15)12(16)8-10/h4-5,8H,6-7,9,16H2,1-3H3. The number of piperazine rings is 1. The van der Waals surface area contributed by atoms with Gasteiger partial charge in [-0.1, -0.05) is 0 Å². The molecular formula is C14H20FN3O. The van der Waals surface area contributed by atoms with Crippen LogP contribution < -0.4 is 5.73 Å². The molecule has 1 heterocycles. The minimum Gasteiger partial charge on any atom is -0.396 e. The summed E-state index contributed by atoms with van der Waals surface area (Å²) in [5, 5.41) is 0. The molecule has 104 valence electrons. The third kappa shape index (κ3) is 2.71. The Bertz CT molecular complexity index is 501. The number of nitrogen functional groups attached to an aromatic ring is 1. The molecule has 19 heavy (non-hydrogen) atoms. The Morgan fingerprint density at radius 2 is 2.05 bits per heavy atom. The molecule has 1 aliphatic heterocycles. The van der Waals surface area contributed by atoms with Gasteiger partial charge >= 0.3 is 0 Å². The van der Waals surface area contributed by atoms with E-state index in [0.717, 1.165) is 6.54 Å². The highest BCUT2D eigenvalue weighted by Crippen LogP contribution is 2.21. The molecule has 1 saturated heterocycles. The van der Waals surface area contributed by atoms with Crippen molar-refractivity contribution in [1.29, 1.82) is 0 Å². The predicted octanol–water partition coefficient (Wildman–Crippen LogP) is 1.57. The van der Waals surface area contributed by atoms with Crippen LogP contribution in [0.3, 0.4) is 0 Å². The van der Waals surface area contributed by atoms with E-state index in [9.17, 15) is 9.18 Å². The van der Waals surface area contributed by atoms with Crippen LogP contribution in [0.1, 0.15) is 24.2 Å². The summed E-state index contributed by atoms with van der Waals surface area (Å²) in [6.07, 6.45) is 0. The molecule has 0 bridgehead atoms. The van der Waals surface area contributed by atoms with Crippen LogP contribution in [0.4, 0.5) is 10.1 Å². The first-order valence-electron chi connectivity index (χ1n) is 6.37. The normalized spacial score (nSPS) is 19.5. The Labute approximate surface area is 113 Å². The maximum atomic E-state index is 13.1. The molecule has 1 amide bonds. The maximum absolute atomic E-state index is 13.1. The number of likely N-dealkylation sites (N-methyl/N-ethyl adjacent to an activating group) is 1. The van der Waals surface area contributed by atoms with Gasteiger partial charge in [0.1, 0.15) is 5.82 Å². The van der Waals surface area contributed by atoms with E-state index in [0.29, 0.717) is 18.7 Å². The largest absolute Gasteiger partial charge is 0.396 e. The van der Waals surface area contributed by atoms with Gasteiger partial charge in [0.25, 0.3) is 5.91 Å². The number of carbonyl (C=O) groups is 1. The maximum Gasteiger partial charge on any atom is 0.254 e. The molecule has 0 unspecified atom stereocenters. The first-order chi connectivity index (χ1) is 8.81. The smallest absolute Gasteiger partial charge is 0.254 e. The van der Waals surface area contributed by atoms with Gasteiger partial charge in [0.15, 0.2) is 0 Å². The van der Waals surface area contributed by atoms with E-state index in [-0.39, 0.29) is 17.1 Å². The van der Waals surface area contributed by atoms with Crippen molar-refractivity contribution in [2.45, 2.75) is 19.4 Å². The summed E-state index contributed by atoms with van der Waals surface area (Å²) in [5.41, 5.74) is 5.91. The van der Waals surface area contributed by atoms with Crippen LogP contribution in [0.15, 0.2) is 18.2 Å². The third-order valence-electron chi connectivity index (χ3n) is 3.85. The van der Waals surface area contributed by atoms with Crippen molar-refractivity contribution >= 4 is 11.6 Å². The fourth-order valence-corrected chi connectivity index (χ4v) is 2.27. The van der Waals surface area contributed by atoms with Gasteiger partial charge in [-0.05, 0) is 39.1 Å². The van der Waals surface area contributed by atoms with Crippen LogP contribution in [0.25, 0.3) is 0 Å². The summed E-state index contributed by atoms with van der Waals surface area (Å²) in [5.74, 6) is -0.580. The Hall–Kier alpha value is -1.62. The lowest BCUT2D eigenvalue weighted by atomic mass is 9.99. The molecule has 0 aliphatic carbocycles. The zero-order valence-electron chi connectivity index (χ0n) is 11.6. The number of benzene rings is 1. The van der Waals surface area contributed by atoms with E-state index >= 15 is 0 Å². The highest BCUT2D eigenvalue weighted by Gasteiger charge is 2.33. The fourth-order valence-electron chi connectivity index (χ4n) is 2.27. The molecule has 1 aromatic carbocycles. The van der Waals surface area contributed by atoms with Crippen LogP contribution in [0, 0.1) is 5.82 Å². The number of halogens is 1. The molecule has 2 rings (SSSR count). The second-order valence-corrected chi connectivity index (χ2v) is 5.70. The minimum absolute atomic E-state index is 0.0132. The molecule has 1 aromatic rings. The van der Waals surface area contributed by atoms with Gasteiger partial charge in [-0.3, -0.25) is 9.69 Å². The number of amides is 1. The average Bonchev–Trinajstić information content (AvgIpc) is 2.35. The number of nitrogens with two attached hydrogens (primary N) is 1. The summed E-state index contributed by atoms with van der Waals surface area (Å²) < 4.78 is 13.1. The van der Waals surface area contributed by atoms with Crippen molar-refractivity contribution in [3.63, 3.8) is 0 Å². The van der Waals surface area contributed by atoms with Gasteiger partial charge in [-0.15, -0.1) is 0 Å². The van der Waals surface area contributed by atoms with Gasteiger partial charge in [0, 0.05) is 30.7 Å². The summed E-state index contributed by atoms with van der Waals surface area (Å²) in [4.78, 5) is 16.4. The van der Waals surface area contributed by atoms with E-state index in [2.05, 4.69) is 25.8 Å². The summed E-state index contributed by atoms with van der Waals surface area (Å²) in [6.45, 7) is 6.36. The van der Waals surface area contributed by atoms with Gasteiger partial charge in [0.2, 0.25) is 0 Å². The molecule has 1 fully saturated rings. The second-order valence-electron chi connectivity index (χ2n) is 5.70. The Morgan fingerprint density at radius 3 is 2.63 bits per heavy atom. The molecule has 1 aliphatic rings. The fraction of sp³-hybridized carbons (Fsp3) is 0.500. The molecule has 2 N–H and O–H groups in total. The lowest BCUT2D eigenvalue weighted by molar-refractivity contribution is 0.0311. The van der Waals surface area contributed by atoms with Crippen LogP contribution in [-0.4, -0.2) is 47.9 Å². The molecule has 0 spiro atoms. The Kier molecular flexibility index (Phi) is 3.49. The van der Waals surface area contributed by atoms with Crippen molar-refractivity contribution in [1.82, 2.24) is 9.80 Å². The van der Waals surface area contributed by atoms with E-state index < -0.39 is 5.82 Å². The number of nitrogens with zero attached hydrogens (tertiary/aromatic N) is 2. The lowest BCUT2D eigenvalue weighted by Crippen LogP contribution is -2.58. The molecular weight excluding hydrogens is 245 g/mol. The molecule has 0 saturated carbocycles. The second kappa shape index (κ2) is 4.81. The van der Waals surface area contributed by atoms with E-state index in [1.54, 1.807) is 4.90 Å². The van der Waals surface area contributed by atoms with Crippen LogP contribution in [0.5, 0.6) is 0 Å². The molecule has 0 aromatic heterocycles. The van der Waals surface area contributed by atoms with Crippen molar-refractivity contribution < 1.29 is 9.18 Å². The first kappa shape index (κ1) is 13.8. The quantitative estimate of drug-likeness (QED) is 0.784. The number of hydrogen-bond donors (Lipinski definition) is 1. The average molecular weight is 265 g/mol. The SMILES string of the molecule is CN1CCN(C(=O)c2ccc(F)c(N)c2)CC1(C)C. The van der Waals surface area contributed by atoms with Gasteiger partial charge in [-0.25, -0.2) is 4.39 Å². The monoisotopic (exact) mass is 265 g/mol. The Balaban J connectivity index is 2.18.